The molecule has 10 rings (SSSR count). The van der Waals surface area contributed by atoms with Crippen LogP contribution in [-0.2, 0) is 5.41 Å². The Hall–Kier alpha value is -3.33. The minimum absolute atomic E-state index is 0.328. The second kappa shape index (κ2) is 4.11. The molecule has 6 aliphatic rings. The zero-order valence-corrected chi connectivity index (χ0v) is 16.0. The highest BCUT2D eigenvalue weighted by molar-refractivity contribution is 5.76. The van der Waals surface area contributed by atoms with Crippen LogP contribution in [0.25, 0.3) is 16.7 Å². The van der Waals surface area contributed by atoms with Gasteiger partial charge in [-0.05, 0) is 65.8 Å². The fourth-order valence-electron chi connectivity index (χ4n) is 9.10. The van der Waals surface area contributed by atoms with Crippen molar-refractivity contribution in [3.63, 3.8) is 0 Å². The topological polar surface area (TPSA) is 79.0 Å². The number of ether oxygens (including phenoxy) is 1. The van der Waals surface area contributed by atoms with Crippen molar-refractivity contribution in [1.82, 2.24) is 19.4 Å². The first-order chi connectivity index (χ1) is 14.8. The second-order valence-corrected chi connectivity index (χ2v) is 9.94. The van der Waals surface area contributed by atoms with E-state index in [1.165, 1.54) is 5.82 Å². The van der Waals surface area contributed by atoms with Crippen LogP contribution in [0.2, 0.25) is 0 Å². The molecule has 0 saturated heterocycles. The third-order valence-electron chi connectivity index (χ3n) is 9.76. The van der Waals surface area contributed by atoms with E-state index in [1.807, 2.05) is 42.9 Å². The maximum Gasteiger partial charge on any atom is 0.154 e. The lowest BCUT2D eigenvalue weighted by Crippen LogP contribution is -3.12. The van der Waals surface area contributed by atoms with Crippen molar-refractivity contribution in [3.05, 3.63) is 60.3 Å². The average molecular weight is 391 g/mol. The first kappa shape index (κ1) is 14.6. The summed E-state index contributed by atoms with van der Waals surface area (Å²) in [6.45, 7) is 0.840. The van der Waals surface area contributed by atoms with Gasteiger partial charge in [0.2, 0.25) is 0 Å². The smallest absolute Gasteiger partial charge is 0.154 e. The van der Waals surface area contributed by atoms with Crippen LogP contribution in [-0.4, -0.2) is 26.0 Å². The van der Waals surface area contributed by atoms with E-state index in [-0.39, 0.29) is 0 Å². The maximum absolute atomic E-state index is 8.97. The summed E-state index contributed by atoms with van der Waals surface area (Å²) in [5.74, 6) is 7.05. The number of fused-ring (bicyclic) bond motifs is 3. The summed E-state index contributed by atoms with van der Waals surface area (Å²) in [6.07, 6.45) is 5.90. The number of hydrogen-bond acceptors (Lipinski definition) is 4. The third kappa shape index (κ3) is 1.09. The Kier molecular flexibility index (Phi) is 2.00. The largest absolute Gasteiger partial charge is 0.493 e. The van der Waals surface area contributed by atoms with Gasteiger partial charge in [-0.2, -0.15) is 5.26 Å². The lowest BCUT2D eigenvalue weighted by Gasteiger charge is -3.10. The molecule has 0 radical (unpaired) electrons. The first-order valence-corrected chi connectivity index (χ1v) is 10.7. The molecular weight excluding hydrogens is 374 g/mol. The maximum atomic E-state index is 8.97. The van der Waals surface area contributed by atoms with Crippen LogP contribution in [0, 0.1) is 52.3 Å². The molecule has 1 aromatic carbocycles. The molecule has 4 aromatic rings. The molecule has 0 unspecified atom stereocenters. The Balaban J connectivity index is 1.05. The van der Waals surface area contributed by atoms with Gasteiger partial charge in [0.25, 0.3) is 0 Å². The molecule has 6 saturated carbocycles. The summed E-state index contributed by atoms with van der Waals surface area (Å²) in [4.78, 5) is 12.7. The van der Waals surface area contributed by atoms with Crippen LogP contribution >= 0.6 is 0 Å². The van der Waals surface area contributed by atoms with Crippen molar-refractivity contribution in [1.29, 1.82) is 5.26 Å². The number of hydrogen-bond donors (Lipinski definition) is 1. The number of nitrogens with one attached hydrogen (secondary N) is 1. The van der Waals surface area contributed by atoms with E-state index in [9.17, 15) is 0 Å². The van der Waals surface area contributed by atoms with Gasteiger partial charge in [-0.1, -0.05) is 0 Å². The van der Waals surface area contributed by atoms with Gasteiger partial charge >= 0.3 is 0 Å². The highest BCUT2D eigenvalue weighted by Crippen LogP contribution is 3.09. The highest BCUT2D eigenvalue weighted by Gasteiger charge is 3.10. The summed E-state index contributed by atoms with van der Waals surface area (Å²) in [6, 6.07) is 11.8. The summed E-state index contributed by atoms with van der Waals surface area (Å²) in [5, 5.41) is 8.97. The van der Waals surface area contributed by atoms with Crippen molar-refractivity contribution in [2.24, 2.45) is 40.9 Å². The molecule has 0 aliphatic heterocycles. The van der Waals surface area contributed by atoms with Crippen LogP contribution in [0.3, 0.4) is 0 Å². The van der Waals surface area contributed by atoms with Crippen molar-refractivity contribution in [2.45, 2.75) is 5.41 Å². The van der Waals surface area contributed by atoms with Gasteiger partial charge in [-0.3, -0.25) is 4.40 Å². The SMILES string of the molecule is N#Cc1ccc(OCC23C4C5C2C2C3C4C52c2ncc3cnc4[nH]ccc4n23)cc1. The van der Waals surface area contributed by atoms with Crippen LogP contribution in [0.15, 0.2) is 48.9 Å². The van der Waals surface area contributed by atoms with Gasteiger partial charge in [0.05, 0.1) is 41.7 Å². The first-order valence-electron chi connectivity index (χ1n) is 10.7. The number of rotatable bonds is 4. The van der Waals surface area contributed by atoms with Crippen molar-refractivity contribution < 1.29 is 4.74 Å². The predicted molar refractivity (Wildman–Crippen MR) is 107 cm³/mol. The Bertz CT molecular complexity index is 1420. The molecule has 6 nitrogen and oxygen atoms in total. The van der Waals surface area contributed by atoms with Gasteiger partial charge in [0.15, 0.2) is 5.65 Å². The van der Waals surface area contributed by atoms with Crippen LogP contribution in [0.4, 0.5) is 0 Å². The van der Waals surface area contributed by atoms with Crippen LogP contribution < -0.4 is 4.74 Å². The van der Waals surface area contributed by atoms with E-state index in [0.717, 1.165) is 64.5 Å². The fourth-order valence-corrected chi connectivity index (χ4v) is 9.10. The number of benzene rings is 1. The van der Waals surface area contributed by atoms with Gasteiger partial charge in [-0.15, -0.1) is 0 Å². The minimum Gasteiger partial charge on any atom is -0.493 e. The van der Waals surface area contributed by atoms with Crippen LogP contribution in [0.1, 0.15) is 11.4 Å². The second-order valence-electron chi connectivity index (χ2n) is 9.94. The third-order valence-corrected chi connectivity index (χ3v) is 9.76. The molecular formula is C24H17N5O. The Morgan fingerprint density at radius 3 is 2.47 bits per heavy atom. The van der Waals surface area contributed by atoms with Crippen molar-refractivity contribution in [2.75, 3.05) is 6.61 Å². The Morgan fingerprint density at radius 2 is 1.73 bits per heavy atom. The number of nitrogens with zero attached hydrogens (tertiary/aromatic N) is 4. The monoisotopic (exact) mass is 391 g/mol. The molecule has 3 heterocycles. The molecule has 6 aliphatic carbocycles. The quantitative estimate of drug-likeness (QED) is 0.580. The Morgan fingerprint density at radius 1 is 1.00 bits per heavy atom. The fraction of sp³-hybridized carbons (Fsp3) is 0.375. The summed E-state index contributed by atoms with van der Waals surface area (Å²) in [5.41, 5.74) is 4.63. The molecule has 0 spiro atoms. The molecule has 30 heavy (non-hydrogen) atoms. The van der Waals surface area contributed by atoms with Gasteiger partial charge in [0, 0.05) is 17.0 Å². The van der Waals surface area contributed by atoms with E-state index in [4.69, 9.17) is 15.0 Å². The molecule has 0 atom stereocenters. The van der Waals surface area contributed by atoms with E-state index in [0.29, 0.717) is 16.4 Å². The number of nitriles is 1. The lowest BCUT2D eigenvalue weighted by atomic mass is 8.92. The number of aromatic amines is 1. The number of aromatic nitrogens is 4. The molecule has 0 bridgehead atoms. The lowest BCUT2D eigenvalue weighted by molar-refractivity contribution is -0.631. The Labute approximate surface area is 171 Å². The molecule has 1 N–H and O–H groups in total. The molecule has 3 aromatic heterocycles. The van der Waals surface area contributed by atoms with Gasteiger partial charge in [-0.25, -0.2) is 9.97 Å². The number of H-pyrrole nitrogens is 1. The summed E-state index contributed by atoms with van der Waals surface area (Å²) >= 11 is 0. The standard InChI is InChI=1S/C24H17N5O/c25-7-11-1-3-13(4-2-11)30-10-23-15-18-16(23)20-17(23)19(15)24(18,20)22-28-9-12-8-27-21-14(29(12)22)5-6-26-21/h1-6,8-9,15-20,26H,10H2. The highest BCUT2D eigenvalue weighted by atomic mass is 16.5. The molecule has 6 heteroatoms. The molecule has 0 amide bonds. The van der Waals surface area contributed by atoms with Crippen LogP contribution in [0.5, 0.6) is 5.75 Å². The van der Waals surface area contributed by atoms with E-state index < -0.39 is 0 Å². The van der Waals surface area contributed by atoms with Crippen molar-refractivity contribution >= 4 is 16.7 Å². The van der Waals surface area contributed by atoms with Gasteiger partial charge < -0.3 is 9.72 Å². The van der Waals surface area contributed by atoms with Gasteiger partial charge in [0.1, 0.15) is 11.6 Å². The number of imidazole rings is 1. The zero-order valence-electron chi connectivity index (χ0n) is 16.0. The average Bonchev–Trinajstić information content (AvgIpc) is 3.44. The normalized spacial score (nSPS) is 42.4. The predicted octanol–water partition coefficient (Wildman–Crippen LogP) is 3.15. The van der Waals surface area contributed by atoms with E-state index in [1.54, 1.807) is 0 Å². The molecule has 6 fully saturated rings. The summed E-state index contributed by atoms with van der Waals surface area (Å²) < 4.78 is 8.57. The van der Waals surface area contributed by atoms with Crippen molar-refractivity contribution in [3.8, 4) is 11.8 Å². The minimum atomic E-state index is 0.328. The molecule has 144 valence electrons. The van der Waals surface area contributed by atoms with E-state index >= 15 is 0 Å². The zero-order chi connectivity index (χ0) is 19.4. The summed E-state index contributed by atoms with van der Waals surface area (Å²) in [7, 11) is 0. The van der Waals surface area contributed by atoms with E-state index in [2.05, 4.69) is 26.5 Å².